The highest BCUT2D eigenvalue weighted by Gasteiger charge is 2.13. The lowest BCUT2D eigenvalue weighted by molar-refractivity contribution is 0.100. The summed E-state index contributed by atoms with van der Waals surface area (Å²) in [6.07, 6.45) is 0. The van der Waals surface area contributed by atoms with Crippen LogP contribution in [-0.4, -0.2) is 25.0 Å². The molecule has 1 aromatic rings. The van der Waals surface area contributed by atoms with Crippen molar-refractivity contribution >= 4 is 28.2 Å². The van der Waals surface area contributed by atoms with Crippen molar-refractivity contribution in [2.75, 3.05) is 24.7 Å². The minimum atomic E-state index is -0.530. The zero-order chi connectivity index (χ0) is 9.30. The van der Waals surface area contributed by atoms with E-state index in [-0.39, 0.29) is 5.82 Å². The Morgan fingerprint density at radius 1 is 1.58 bits per heavy atom. The summed E-state index contributed by atoms with van der Waals surface area (Å²) in [4.78, 5) is 16.8. The Balaban J connectivity index is 3.09. The molecule has 12 heavy (non-hydrogen) atoms. The van der Waals surface area contributed by atoms with Crippen molar-refractivity contribution < 1.29 is 4.79 Å². The number of anilines is 2. The van der Waals surface area contributed by atoms with Crippen LogP contribution >= 0.6 is 11.3 Å². The first-order valence-electron chi connectivity index (χ1n) is 3.25. The fraction of sp³-hybridized carbons (Fsp3) is 0.333. The van der Waals surface area contributed by atoms with Crippen LogP contribution in [0.4, 0.5) is 10.9 Å². The van der Waals surface area contributed by atoms with E-state index in [1.807, 2.05) is 14.1 Å². The highest BCUT2D eigenvalue weighted by molar-refractivity contribution is 7.18. The maximum Gasteiger partial charge on any atom is 0.262 e. The van der Waals surface area contributed by atoms with Gasteiger partial charge in [0.2, 0.25) is 0 Å². The molecule has 0 aromatic carbocycles. The van der Waals surface area contributed by atoms with Gasteiger partial charge in [0.1, 0.15) is 10.7 Å². The van der Waals surface area contributed by atoms with Crippen LogP contribution < -0.4 is 16.4 Å². The molecular formula is C6H10N4OS. The van der Waals surface area contributed by atoms with Crippen LogP contribution in [0.3, 0.4) is 0 Å². The fourth-order valence-corrected chi connectivity index (χ4v) is 1.45. The molecule has 66 valence electrons. The maximum atomic E-state index is 10.8. The lowest BCUT2D eigenvalue weighted by Crippen LogP contribution is -2.10. The number of primary amides is 1. The van der Waals surface area contributed by atoms with Crippen LogP contribution in [0.2, 0.25) is 0 Å². The van der Waals surface area contributed by atoms with Gasteiger partial charge in [-0.3, -0.25) is 4.79 Å². The minimum absolute atomic E-state index is 0.205. The topological polar surface area (TPSA) is 85.2 Å². The van der Waals surface area contributed by atoms with Crippen LogP contribution in [0, 0.1) is 0 Å². The molecule has 5 nitrogen and oxygen atoms in total. The monoisotopic (exact) mass is 186 g/mol. The minimum Gasteiger partial charge on any atom is -0.382 e. The molecule has 0 aliphatic heterocycles. The summed E-state index contributed by atoms with van der Waals surface area (Å²) in [6.45, 7) is 0. The van der Waals surface area contributed by atoms with Gasteiger partial charge in [-0.1, -0.05) is 11.3 Å². The highest BCUT2D eigenvalue weighted by atomic mass is 32.1. The van der Waals surface area contributed by atoms with Crippen molar-refractivity contribution in [3.05, 3.63) is 4.88 Å². The van der Waals surface area contributed by atoms with E-state index >= 15 is 0 Å². The van der Waals surface area contributed by atoms with Gasteiger partial charge < -0.3 is 16.4 Å². The largest absolute Gasteiger partial charge is 0.382 e. The number of rotatable bonds is 2. The Kier molecular flexibility index (Phi) is 2.18. The zero-order valence-corrected chi connectivity index (χ0v) is 7.68. The predicted octanol–water partition coefficient (Wildman–Crippen LogP) is -0.110. The molecule has 0 bridgehead atoms. The highest BCUT2D eigenvalue weighted by Crippen LogP contribution is 2.25. The Morgan fingerprint density at radius 2 is 2.17 bits per heavy atom. The number of hydrogen-bond acceptors (Lipinski definition) is 5. The maximum absolute atomic E-state index is 10.8. The molecule has 0 radical (unpaired) electrons. The number of carbonyl (C=O) groups is 1. The van der Waals surface area contributed by atoms with Gasteiger partial charge in [0.25, 0.3) is 5.91 Å². The van der Waals surface area contributed by atoms with Crippen molar-refractivity contribution in [3.8, 4) is 0 Å². The molecule has 6 heteroatoms. The second-order valence-electron chi connectivity index (χ2n) is 2.47. The van der Waals surface area contributed by atoms with Gasteiger partial charge in [-0.25, -0.2) is 4.98 Å². The Bertz CT molecular complexity index is 306. The van der Waals surface area contributed by atoms with E-state index in [4.69, 9.17) is 11.5 Å². The summed E-state index contributed by atoms with van der Waals surface area (Å²) in [5.41, 5.74) is 10.5. The molecular weight excluding hydrogens is 176 g/mol. The SMILES string of the molecule is CN(C)c1nc(N)c(C(N)=O)s1. The molecule has 0 aliphatic carbocycles. The van der Waals surface area contributed by atoms with E-state index in [1.54, 1.807) is 4.90 Å². The number of nitrogens with two attached hydrogens (primary N) is 2. The molecule has 0 saturated heterocycles. The summed E-state index contributed by atoms with van der Waals surface area (Å²) in [5, 5.41) is 0.682. The van der Waals surface area contributed by atoms with E-state index in [0.717, 1.165) is 0 Å². The molecule has 0 saturated carbocycles. The Hall–Kier alpha value is -1.30. The zero-order valence-electron chi connectivity index (χ0n) is 6.87. The third kappa shape index (κ3) is 1.48. The lowest BCUT2D eigenvalue weighted by Gasteiger charge is -2.04. The van der Waals surface area contributed by atoms with E-state index in [9.17, 15) is 4.79 Å². The van der Waals surface area contributed by atoms with Crippen molar-refractivity contribution in [2.45, 2.75) is 0 Å². The second kappa shape index (κ2) is 2.98. The van der Waals surface area contributed by atoms with Gasteiger partial charge in [0.15, 0.2) is 5.13 Å². The van der Waals surface area contributed by atoms with Crippen LogP contribution in [0.15, 0.2) is 0 Å². The number of carbonyl (C=O) groups excluding carboxylic acids is 1. The number of hydrogen-bond donors (Lipinski definition) is 2. The van der Waals surface area contributed by atoms with Crippen molar-refractivity contribution in [3.63, 3.8) is 0 Å². The molecule has 0 spiro atoms. The normalized spacial score (nSPS) is 9.83. The molecule has 4 N–H and O–H groups in total. The van der Waals surface area contributed by atoms with Crippen LogP contribution in [0.5, 0.6) is 0 Å². The second-order valence-corrected chi connectivity index (χ2v) is 3.45. The number of thiazole rings is 1. The average Bonchev–Trinajstić information content (AvgIpc) is 2.30. The molecule has 1 rings (SSSR count). The van der Waals surface area contributed by atoms with Gasteiger partial charge >= 0.3 is 0 Å². The van der Waals surface area contributed by atoms with E-state index in [0.29, 0.717) is 10.0 Å². The number of aromatic nitrogens is 1. The third-order valence-electron chi connectivity index (χ3n) is 1.25. The molecule has 0 unspecified atom stereocenters. The molecule has 0 aliphatic rings. The molecule has 0 fully saturated rings. The van der Waals surface area contributed by atoms with Gasteiger partial charge in [-0.15, -0.1) is 0 Å². The Morgan fingerprint density at radius 3 is 2.42 bits per heavy atom. The van der Waals surface area contributed by atoms with E-state index < -0.39 is 5.91 Å². The van der Waals surface area contributed by atoms with Crippen molar-refractivity contribution in [2.24, 2.45) is 5.73 Å². The van der Waals surface area contributed by atoms with Gasteiger partial charge in [-0.05, 0) is 0 Å². The summed E-state index contributed by atoms with van der Waals surface area (Å²) >= 11 is 1.19. The van der Waals surface area contributed by atoms with Gasteiger partial charge in [0.05, 0.1) is 0 Å². The number of amides is 1. The molecule has 1 amide bonds. The standard InChI is InChI=1S/C6H10N4OS/c1-10(2)6-9-4(7)3(12-6)5(8)11/h7H2,1-2H3,(H2,8,11). The smallest absolute Gasteiger partial charge is 0.262 e. The number of nitrogen functional groups attached to an aromatic ring is 1. The third-order valence-corrected chi connectivity index (χ3v) is 2.50. The van der Waals surface area contributed by atoms with Gasteiger partial charge in [0, 0.05) is 14.1 Å². The lowest BCUT2D eigenvalue weighted by atomic mass is 10.5. The first-order chi connectivity index (χ1) is 5.52. The van der Waals surface area contributed by atoms with Crippen LogP contribution in [0.25, 0.3) is 0 Å². The first-order valence-corrected chi connectivity index (χ1v) is 4.07. The van der Waals surface area contributed by atoms with Gasteiger partial charge in [-0.2, -0.15) is 0 Å². The van der Waals surface area contributed by atoms with E-state index in [2.05, 4.69) is 4.98 Å². The molecule has 1 aromatic heterocycles. The number of nitrogens with zero attached hydrogens (tertiary/aromatic N) is 2. The van der Waals surface area contributed by atoms with E-state index in [1.165, 1.54) is 11.3 Å². The van der Waals surface area contributed by atoms with Crippen molar-refractivity contribution in [1.29, 1.82) is 0 Å². The Labute approximate surface area is 74.0 Å². The summed E-state index contributed by atoms with van der Waals surface area (Å²) < 4.78 is 0. The quantitative estimate of drug-likeness (QED) is 0.674. The first kappa shape index (κ1) is 8.79. The average molecular weight is 186 g/mol. The van der Waals surface area contributed by atoms with Crippen LogP contribution in [-0.2, 0) is 0 Å². The summed E-state index contributed by atoms with van der Waals surface area (Å²) in [6, 6.07) is 0. The molecule has 0 atom stereocenters. The summed E-state index contributed by atoms with van der Waals surface area (Å²) in [5.74, 6) is -0.325. The predicted molar refractivity (Wildman–Crippen MR) is 49.4 cm³/mol. The van der Waals surface area contributed by atoms with Crippen LogP contribution in [0.1, 0.15) is 9.67 Å². The van der Waals surface area contributed by atoms with Crippen molar-refractivity contribution in [1.82, 2.24) is 4.98 Å². The fourth-order valence-electron chi connectivity index (χ4n) is 0.688. The molecule has 1 heterocycles. The summed E-state index contributed by atoms with van der Waals surface area (Å²) in [7, 11) is 3.64.